The lowest BCUT2D eigenvalue weighted by atomic mass is 10.1. The minimum Gasteiger partial charge on any atom is -0.496 e. The fraction of sp³-hybridized carbons (Fsp3) is 0.417. The van der Waals surface area contributed by atoms with E-state index in [0.717, 1.165) is 12.8 Å². The van der Waals surface area contributed by atoms with Gasteiger partial charge in [-0.05, 0) is 38.0 Å². The number of hydrogen-bond donors (Lipinski definition) is 2. The summed E-state index contributed by atoms with van der Waals surface area (Å²) >= 11 is 0. The molecule has 1 fully saturated rings. The molecule has 1 aromatic rings. The molecule has 1 aromatic carbocycles. The van der Waals surface area contributed by atoms with Crippen LogP contribution in [0, 0.1) is 0 Å². The van der Waals surface area contributed by atoms with Crippen LogP contribution in [0.3, 0.4) is 0 Å². The highest BCUT2D eigenvalue weighted by molar-refractivity contribution is 7.89. The highest BCUT2D eigenvalue weighted by atomic mass is 32.2. The van der Waals surface area contributed by atoms with Gasteiger partial charge in [0, 0.05) is 5.54 Å². The second-order valence-electron chi connectivity index (χ2n) is 4.92. The van der Waals surface area contributed by atoms with Crippen LogP contribution in [-0.4, -0.2) is 27.0 Å². The van der Waals surface area contributed by atoms with E-state index in [1.54, 1.807) is 0 Å². The number of ether oxygens (including phenoxy) is 1. The number of hydrogen-bond acceptors (Lipinski definition) is 4. The molecule has 6 nitrogen and oxygen atoms in total. The van der Waals surface area contributed by atoms with Crippen LogP contribution >= 0.6 is 0 Å². The van der Waals surface area contributed by atoms with Gasteiger partial charge >= 0.3 is 0 Å². The summed E-state index contributed by atoms with van der Waals surface area (Å²) in [5.41, 5.74) is -0.0261. The lowest BCUT2D eigenvalue weighted by molar-refractivity contribution is 0.0932. The first kappa shape index (κ1) is 13.8. The quantitative estimate of drug-likeness (QED) is 0.847. The van der Waals surface area contributed by atoms with Crippen molar-refractivity contribution in [3.63, 3.8) is 0 Å². The molecule has 0 heterocycles. The highest BCUT2D eigenvalue weighted by Crippen LogP contribution is 2.35. The number of carbonyl (C=O) groups excluding carboxylic acids is 1. The molecule has 0 aromatic heterocycles. The van der Waals surface area contributed by atoms with Crippen LogP contribution in [0.1, 0.15) is 30.1 Å². The van der Waals surface area contributed by atoms with Crippen LogP contribution in [0.2, 0.25) is 0 Å². The number of nitrogens with two attached hydrogens (primary N) is 1. The molecule has 1 aliphatic rings. The van der Waals surface area contributed by atoms with E-state index in [9.17, 15) is 13.2 Å². The Balaban J connectivity index is 2.38. The molecule has 2 rings (SSSR count). The number of nitrogens with one attached hydrogen (secondary N) is 1. The van der Waals surface area contributed by atoms with Gasteiger partial charge in [-0.15, -0.1) is 0 Å². The summed E-state index contributed by atoms with van der Waals surface area (Å²) in [6, 6.07) is 3.96. The summed E-state index contributed by atoms with van der Waals surface area (Å²) in [6.07, 6.45) is 1.83. The predicted octanol–water partition coefficient (Wildman–Crippen LogP) is 0.625. The topological polar surface area (TPSA) is 98.5 Å². The minimum absolute atomic E-state index is 0.112. The van der Waals surface area contributed by atoms with Crippen LogP contribution < -0.4 is 15.2 Å². The van der Waals surface area contributed by atoms with Gasteiger partial charge in [-0.1, -0.05) is 0 Å². The van der Waals surface area contributed by atoms with Gasteiger partial charge in [-0.25, -0.2) is 13.6 Å². The molecule has 1 saturated carbocycles. The minimum atomic E-state index is -3.85. The van der Waals surface area contributed by atoms with Gasteiger partial charge in [-0.2, -0.15) is 0 Å². The number of sulfonamides is 1. The van der Waals surface area contributed by atoms with E-state index in [4.69, 9.17) is 9.88 Å². The Morgan fingerprint density at radius 1 is 1.42 bits per heavy atom. The molecule has 3 N–H and O–H groups in total. The van der Waals surface area contributed by atoms with Crippen molar-refractivity contribution in [1.29, 1.82) is 0 Å². The molecule has 104 valence electrons. The monoisotopic (exact) mass is 284 g/mol. The lowest BCUT2D eigenvalue weighted by Crippen LogP contribution is -2.34. The Morgan fingerprint density at radius 2 is 2.05 bits per heavy atom. The van der Waals surface area contributed by atoms with Gasteiger partial charge in [0.15, 0.2) is 0 Å². The molecule has 0 unspecified atom stereocenters. The Morgan fingerprint density at radius 3 is 2.53 bits per heavy atom. The fourth-order valence-electron chi connectivity index (χ4n) is 1.70. The molecule has 0 spiro atoms. The van der Waals surface area contributed by atoms with Crippen molar-refractivity contribution in [3.8, 4) is 5.75 Å². The zero-order valence-corrected chi connectivity index (χ0v) is 11.6. The van der Waals surface area contributed by atoms with E-state index >= 15 is 0 Å². The zero-order chi connectivity index (χ0) is 14.3. The Labute approximate surface area is 112 Å². The van der Waals surface area contributed by atoms with Crippen molar-refractivity contribution in [2.45, 2.75) is 30.2 Å². The van der Waals surface area contributed by atoms with Crippen molar-refractivity contribution in [2.24, 2.45) is 5.14 Å². The standard InChI is InChI=1S/C12H16N2O4S/c1-12(5-6-12)14-11(15)9-7-8(19(13,16)17)3-4-10(9)18-2/h3-4,7H,5-6H2,1-2H3,(H,14,15)(H2,13,16,17). The lowest BCUT2D eigenvalue weighted by Gasteiger charge is -2.14. The molecule has 1 aliphatic carbocycles. The summed E-state index contributed by atoms with van der Waals surface area (Å²) in [5, 5.41) is 7.90. The predicted molar refractivity (Wildman–Crippen MR) is 69.5 cm³/mol. The highest BCUT2D eigenvalue weighted by Gasteiger charge is 2.39. The zero-order valence-electron chi connectivity index (χ0n) is 10.8. The molecular formula is C12H16N2O4S. The third-order valence-corrected chi connectivity index (χ3v) is 4.07. The smallest absolute Gasteiger partial charge is 0.255 e. The summed E-state index contributed by atoms with van der Waals surface area (Å²) in [4.78, 5) is 12.0. The normalized spacial score (nSPS) is 16.8. The van der Waals surface area contributed by atoms with Crippen molar-refractivity contribution in [1.82, 2.24) is 5.32 Å². The van der Waals surface area contributed by atoms with E-state index in [1.807, 2.05) is 6.92 Å². The summed E-state index contributed by atoms with van der Waals surface area (Å²) in [5.74, 6) is -0.0449. The van der Waals surface area contributed by atoms with E-state index in [0.29, 0.717) is 5.75 Å². The van der Waals surface area contributed by atoms with Crippen molar-refractivity contribution in [3.05, 3.63) is 23.8 Å². The number of amides is 1. The Kier molecular flexibility index (Phi) is 3.27. The van der Waals surface area contributed by atoms with Gasteiger partial charge in [0.25, 0.3) is 5.91 Å². The van der Waals surface area contributed by atoms with Gasteiger partial charge in [0.05, 0.1) is 17.6 Å². The Bertz CT molecular complexity index is 621. The maximum absolute atomic E-state index is 12.1. The first-order valence-electron chi connectivity index (χ1n) is 5.78. The van der Waals surface area contributed by atoms with Crippen LogP contribution in [0.4, 0.5) is 0 Å². The third kappa shape index (κ3) is 3.05. The molecule has 19 heavy (non-hydrogen) atoms. The number of benzene rings is 1. The molecule has 1 amide bonds. The average Bonchev–Trinajstić information content (AvgIpc) is 3.04. The number of methoxy groups -OCH3 is 1. The van der Waals surface area contributed by atoms with Gasteiger partial charge in [-0.3, -0.25) is 4.79 Å². The number of rotatable bonds is 4. The van der Waals surface area contributed by atoms with Gasteiger partial charge < -0.3 is 10.1 Å². The van der Waals surface area contributed by atoms with Crippen LogP contribution in [-0.2, 0) is 10.0 Å². The van der Waals surface area contributed by atoms with Crippen molar-refractivity contribution in [2.75, 3.05) is 7.11 Å². The maximum Gasteiger partial charge on any atom is 0.255 e. The third-order valence-electron chi connectivity index (χ3n) is 3.16. The maximum atomic E-state index is 12.1. The van der Waals surface area contributed by atoms with E-state index in [-0.39, 0.29) is 21.9 Å². The first-order chi connectivity index (χ1) is 8.75. The van der Waals surface area contributed by atoms with Crippen LogP contribution in [0.25, 0.3) is 0 Å². The van der Waals surface area contributed by atoms with Crippen molar-refractivity contribution >= 4 is 15.9 Å². The summed E-state index contributed by atoms with van der Waals surface area (Å²) < 4.78 is 27.7. The molecular weight excluding hydrogens is 268 g/mol. The van der Waals surface area contributed by atoms with Crippen LogP contribution in [0.15, 0.2) is 23.1 Å². The van der Waals surface area contributed by atoms with E-state index in [1.165, 1.54) is 25.3 Å². The number of primary sulfonamides is 1. The second kappa shape index (κ2) is 4.50. The van der Waals surface area contributed by atoms with Gasteiger partial charge in [0.2, 0.25) is 10.0 Å². The molecule has 0 saturated heterocycles. The molecule has 0 bridgehead atoms. The second-order valence-corrected chi connectivity index (χ2v) is 6.48. The van der Waals surface area contributed by atoms with Crippen LogP contribution in [0.5, 0.6) is 5.75 Å². The Hall–Kier alpha value is -1.60. The molecule has 0 radical (unpaired) electrons. The summed E-state index contributed by atoms with van der Waals surface area (Å²) in [7, 11) is -2.43. The molecule has 0 aliphatic heterocycles. The van der Waals surface area contributed by atoms with E-state index < -0.39 is 10.0 Å². The number of carbonyl (C=O) groups is 1. The summed E-state index contributed by atoms with van der Waals surface area (Å²) in [6.45, 7) is 1.93. The molecule has 7 heteroatoms. The van der Waals surface area contributed by atoms with Gasteiger partial charge in [0.1, 0.15) is 5.75 Å². The van der Waals surface area contributed by atoms with E-state index in [2.05, 4.69) is 5.32 Å². The average molecular weight is 284 g/mol. The molecule has 0 atom stereocenters. The fourth-order valence-corrected chi connectivity index (χ4v) is 2.24. The largest absolute Gasteiger partial charge is 0.496 e. The van der Waals surface area contributed by atoms with Crippen molar-refractivity contribution < 1.29 is 17.9 Å². The SMILES string of the molecule is COc1ccc(S(N)(=O)=O)cc1C(=O)NC1(C)CC1. The first-order valence-corrected chi connectivity index (χ1v) is 7.33.